The summed E-state index contributed by atoms with van der Waals surface area (Å²) in [5, 5.41) is 3.32. The fourth-order valence-corrected chi connectivity index (χ4v) is 2.29. The molecule has 1 aromatic carbocycles. The van der Waals surface area contributed by atoms with Crippen LogP contribution in [-0.4, -0.2) is 12.3 Å². The van der Waals surface area contributed by atoms with Crippen LogP contribution in [0.4, 0.5) is 0 Å². The van der Waals surface area contributed by atoms with Crippen molar-refractivity contribution in [3.05, 3.63) is 35.4 Å². The van der Waals surface area contributed by atoms with Crippen molar-refractivity contribution in [2.75, 3.05) is 6.54 Å². The summed E-state index contributed by atoms with van der Waals surface area (Å²) in [6.45, 7) is 6.91. The predicted molar refractivity (Wildman–Crippen MR) is 68.1 cm³/mol. The Morgan fingerprint density at radius 3 is 2.62 bits per heavy atom. The maximum Gasteiger partial charge on any atom is 0.151 e. The SMILES string of the molecule is CC(=O)C1NCC(C)(C)c2ccccc21.Cl. The van der Waals surface area contributed by atoms with Crippen LogP contribution in [0.15, 0.2) is 24.3 Å². The molecule has 1 aliphatic heterocycles. The maximum atomic E-state index is 11.5. The molecule has 3 heteroatoms. The Hall–Kier alpha value is -0.860. The van der Waals surface area contributed by atoms with Gasteiger partial charge in [0.25, 0.3) is 0 Å². The van der Waals surface area contributed by atoms with Crippen LogP contribution < -0.4 is 5.32 Å². The minimum absolute atomic E-state index is 0. The fraction of sp³-hybridized carbons (Fsp3) is 0.462. The van der Waals surface area contributed by atoms with Gasteiger partial charge in [-0.2, -0.15) is 0 Å². The van der Waals surface area contributed by atoms with E-state index in [1.165, 1.54) is 5.56 Å². The molecule has 0 aliphatic carbocycles. The van der Waals surface area contributed by atoms with Gasteiger partial charge in [0, 0.05) is 12.0 Å². The van der Waals surface area contributed by atoms with Crippen molar-refractivity contribution in [3.63, 3.8) is 0 Å². The Bertz CT molecular complexity index is 401. The van der Waals surface area contributed by atoms with Gasteiger partial charge in [-0.25, -0.2) is 0 Å². The van der Waals surface area contributed by atoms with E-state index in [1.54, 1.807) is 6.92 Å². The van der Waals surface area contributed by atoms with E-state index in [0.717, 1.165) is 12.1 Å². The van der Waals surface area contributed by atoms with E-state index in [9.17, 15) is 4.79 Å². The van der Waals surface area contributed by atoms with E-state index in [4.69, 9.17) is 0 Å². The van der Waals surface area contributed by atoms with Crippen molar-refractivity contribution in [1.29, 1.82) is 0 Å². The molecule has 0 fully saturated rings. The van der Waals surface area contributed by atoms with E-state index >= 15 is 0 Å². The van der Waals surface area contributed by atoms with E-state index in [2.05, 4.69) is 31.3 Å². The molecule has 0 radical (unpaired) electrons. The highest BCUT2D eigenvalue weighted by Gasteiger charge is 2.33. The highest BCUT2D eigenvalue weighted by atomic mass is 35.5. The molecule has 0 spiro atoms. The molecule has 1 atom stereocenters. The Kier molecular flexibility index (Phi) is 3.76. The molecule has 2 rings (SSSR count). The van der Waals surface area contributed by atoms with Crippen molar-refractivity contribution >= 4 is 18.2 Å². The molecule has 16 heavy (non-hydrogen) atoms. The van der Waals surface area contributed by atoms with Gasteiger partial charge in [0.2, 0.25) is 0 Å². The molecule has 0 saturated carbocycles. The molecule has 1 unspecified atom stereocenters. The zero-order chi connectivity index (χ0) is 11.1. The molecular formula is C13H18ClNO. The number of ketones is 1. The minimum atomic E-state index is -0.116. The summed E-state index contributed by atoms with van der Waals surface area (Å²) >= 11 is 0. The lowest BCUT2D eigenvalue weighted by Gasteiger charge is -2.37. The average molecular weight is 240 g/mol. The number of rotatable bonds is 1. The predicted octanol–water partition coefficient (Wildman–Crippen LogP) is 2.62. The molecule has 1 aliphatic rings. The highest BCUT2D eigenvalue weighted by molar-refractivity contribution is 5.85. The molecule has 1 N–H and O–H groups in total. The molecular weight excluding hydrogens is 222 g/mol. The smallest absolute Gasteiger partial charge is 0.151 e. The third kappa shape index (κ3) is 2.13. The number of halogens is 1. The monoisotopic (exact) mass is 239 g/mol. The number of benzene rings is 1. The van der Waals surface area contributed by atoms with Gasteiger partial charge in [-0.05, 0) is 18.1 Å². The van der Waals surface area contributed by atoms with Gasteiger partial charge in [-0.3, -0.25) is 4.79 Å². The first-order chi connectivity index (χ1) is 7.02. The van der Waals surface area contributed by atoms with Crippen LogP contribution in [0, 0.1) is 0 Å². The third-order valence-corrected chi connectivity index (χ3v) is 3.16. The zero-order valence-electron chi connectivity index (χ0n) is 9.91. The lowest BCUT2D eigenvalue weighted by Crippen LogP contribution is -2.43. The van der Waals surface area contributed by atoms with Crippen LogP contribution in [0.1, 0.15) is 37.9 Å². The second-order valence-corrected chi connectivity index (χ2v) is 4.90. The summed E-state index contributed by atoms with van der Waals surface area (Å²) in [5.74, 6) is 0.193. The highest BCUT2D eigenvalue weighted by Crippen LogP contribution is 2.34. The third-order valence-electron chi connectivity index (χ3n) is 3.16. The maximum absolute atomic E-state index is 11.5. The Balaban J connectivity index is 0.00000128. The van der Waals surface area contributed by atoms with Crippen molar-refractivity contribution in [2.45, 2.75) is 32.2 Å². The Labute approximate surface area is 103 Å². The first-order valence-corrected chi connectivity index (χ1v) is 5.35. The van der Waals surface area contributed by atoms with Crippen LogP contribution in [-0.2, 0) is 10.2 Å². The van der Waals surface area contributed by atoms with Gasteiger partial charge in [0.05, 0.1) is 6.04 Å². The summed E-state index contributed by atoms with van der Waals surface area (Å²) in [6.07, 6.45) is 0. The molecule has 0 bridgehead atoms. The fourth-order valence-electron chi connectivity index (χ4n) is 2.29. The van der Waals surface area contributed by atoms with Crippen LogP contribution >= 0.6 is 12.4 Å². The number of fused-ring (bicyclic) bond motifs is 1. The summed E-state index contributed by atoms with van der Waals surface area (Å²) in [5.41, 5.74) is 2.55. The summed E-state index contributed by atoms with van der Waals surface area (Å²) < 4.78 is 0. The Morgan fingerprint density at radius 2 is 2.00 bits per heavy atom. The lowest BCUT2D eigenvalue weighted by molar-refractivity contribution is -0.119. The molecule has 0 amide bonds. The van der Waals surface area contributed by atoms with Crippen molar-refractivity contribution in [1.82, 2.24) is 5.32 Å². The molecule has 88 valence electrons. The molecule has 1 heterocycles. The largest absolute Gasteiger partial charge is 0.303 e. The number of hydrogen-bond donors (Lipinski definition) is 1. The van der Waals surface area contributed by atoms with Crippen LogP contribution in [0.5, 0.6) is 0 Å². The summed E-state index contributed by atoms with van der Waals surface area (Å²) in [6, 6.07) is 8.11. The van der Waals surface area contributed by atoms with E-state index in [1.807, 2.05) is 12.1 Å². The van der Waals surface area contributed by atoms with E-state index in [0.29, 0.717) is 0 Å². The van der Waals surface area contributed by atoms with Crippen LogP contribution in [0.25, 0.3) is 0 Å². The van der Waals surface area contributed by atoms with Crippen molar-refractivity contribution in [2.24, 2.45) is 0 Å². The quantitative estimate of drug-likeness (QED) is 0.816. The lowest BCUT2D eigenvalue weighted by atomic mass is 9.76. The standard InChI is InChI=1S/C13H17NO.ClH/c1-9(15)12-10-6-4-5-7-11(10)13(2,3)8-14-12;/h4-7,12,14H,8H2,1-3H3;1H. The van der Waals surface area contributed by atoms with Crippen LogP contribution in [0.2, 0.25) is 0 Å². The Morgan fingerprint density at radius 1 is 1.38 bits per heavy atom. The van der Waals surface area contributed by atoms with Crippen LogP contribution in [0.3, 0.4) is 0 Å². The molecule has 2 nitrogen and oxygen atoms in total. The first kappa shape index (κ1) is 13.2. The van der Waals surface area contributed by atoms with Gasteiger partial charge in [-0.15, -0.1) is 12.4 Å². The molecule has 1 aromatic rings. The zero-order valence-corrected chi connectivity index (χ0v) is 10.7. The topological polar surface area (TPSA) is 29.1 Å². The first-order valence-electron chi connectivity index (χ1n) is 5.35. The van der Waals surface area contributed by atoms with E-state index < -0.39 is 0 Å². The second-order valence-electron chi connectivity index (χ2n) is 4.90. The van der Waals surface area contributed by atoms with Gasteiger partial charge < -0.3 is 5.32 Å². The van der Waals surface area contributed by atoms with Gasteiger partial charge >= 0.3 is 0 Å². The second kappa shape index (κ2) is 4.56. The van der Waals surface area contributed by atoms with E-state index in [-0.39, 0.29) is 29.6 Å². The van der Waals surface area contributed by atoms with Gasteiger partial charge in [0.1, 0.15) is 0 Å². The van der Waals surface area contributed by atoms with Crippen molar-refractivity contribution in [3.8, 4) is 0 Å². The number of hydrogen-bond acceptors (Lipinski definition) is 2. The summed E-state index contributed by atoms with van der Waals surface area (Å²) in [4.78, 5) is 11.5. The van der Waals surface area contributed by atoms with Crippen molar-refractivity contribution < 1.29 is 4.79 Å². The number of nitrogens with one attached hydrogen (secondary N) is 1. The number of Topliss-reactive ketones (excluding diaryl/α,β-unsaturated/α-hetero) is 1. The minimum Gasteiger partial charge on any atom is -0.303 e. The van der Waals surface area contributed by atoms with Gasteiger partial charge in [0.15, 0.2) is 5.78 Å². The number of carbonyl (C=O) groups is 1. The molecule has 0 aromatic heterocycles. The summed E-state index contributed by atoms with van der Waals surface area (Å²) in [7, 11) is 0. The normalized spacial score (nSPS) is 21.8. The number of carbonyl (C=O) groups excluding carboxylic acids is 1. The van der Waals surface area contributed by atoms with Gasteiger partial charge in [-0.1, -0.05) is 38.1 Å². The molecule has 0 saturated heterocycles. The average Bonchev–Trinajstić information content (AvgIpc) is 2.17.